The number of hydrogen-bond acceptors (Lipinski definition) is 4. The summed E-state index contributed by atoms with van der Waals surface area (Å²) in [6.45, 7) is 2.20. The quantitative estimate of drug-likeness (QED) is 0.837. The summed E-state index contributed by atoms with van der Waals surface area (Å²) >= 11 is 0. The molecule has 1 unspecified atom stereocenters. The highest BCUT2D eigenvalue weighted by molar-refractivity contribution is 5.81. The number of primary amides is 1. The van der Waals surface area contributed by atoms with Gasteiger partial charge in [-0.1, -0.05) is 12.1 Å². The summed E-state index contributed by atoms with van der Waals surface area (Å²) in [5, 5.41) is 3.33. The molecule has 0 aromatic heterocycles. The predicted octanol–water partition coefficient (Wildman–Crippen LogP) is 0.881. The number of rotatable bonds is 5. The fourth-order valence-electron chi connectivity index (χ4n) is 2.57. The first-order valence-corrected chi connectivity index (χ1v) is 7.26. The van der Waals surface area contributed by atoms with Crippen LogP contribution < -0.4 is 20.7 Å². The van der Waals surface area contributed by atoms with Crippen molar-refractivity contribution in [3.05, 3.63) is 24.3 Å². The van der Waals surface area contributed by atoms with Crippen LogP contribution in [0.1, 0.15) is 19.3 Å². The lowest BCUT2D eigenvalue weighted by atomic mass is 10.2. The van der Waals surface area contributed by atoms with E-state index < -0.39 is 0 Å². The van der Waals surface area contributed by atoms with Crippen LogP contribution in [0.2, 0.25) is 0 Å². The number of nitrogens with zero attached hydrogens (tertiary/aromatic N) is 1. The van der Waals surface area contributed by atoms with Gasteiger partial charge in [0.2, 0.25) is 5.91 Å². The third kappa shape index (κ3) is 3.04. The fourth-order valence-corrected chi connectivity index (χ4v) is 2.57. The topological polar surface area (TPSA) is 67.6 Å². The van der Waals surface area contributed by atoms with Crippen LogP contribution in [0.5, 0.6) is 5.75 Å². The van der Waals surface area contributed by atoms with E-state index in [1.165, 1.54) is 0 Å². The molecule has 0 radical (unpaired) electrons. The molecule has 0 spiro atoms. The molecular formula is C15H21N3O2. The molecule has 1 aromatic rings. The van der Waals surface area contributed by atoms with Crippen molar-refractivity contribution in [2.45, 2.75) is 31.3 Å². The van der Waals surface area contributed by atoms with Gasteiger partial charge in [-0.05, 0) is 31.4 Å². The van der Waals surface area contributed by atoms with Gasteiger partial charge in [-0.25, -0.2) is 0 Å². The van der Waals surface area contributed by atoms with E-state index in [9.17, 15) is 4.79 Å². The highest BCUT2D eigenvalue weighted by Gasteiger charge is 2.29. The average Bonchev–Trinajstić information content (AvgIpc) is 3.26. The zero-order valence-electron chi connectivity index (χ0n) is 11.5. The maximum atomic E-state index is 11.6. The van der Waals surface area contributed by atoms with Crippen molar-refractivity contribution in [3.63, 3.8) is 0 Å². The van der Waals surface area contributed by atoms with E-state index >= 15 is 0 Å². The Kier molecular flexibility index (Phi) is 3.78. The first-order chi connectivity index (χ1) is 9.74. The van der Waals surface area contributed by atoms with E-state index in [0.717, 1.165) is 37.2 Å². The number of anilines is 1. The maximum absolute atomic E-state index is 11.6. The first-order valence-electron chi connectivity index (χ1n) is 7.26. The highest BCUT2D eigenvalue weighted by atomic mass is 16.5. The van der Waals surface area contributed by atoms with Crippen molar-refractivity contribution >= 4 is 11.6 Å². The van der Waals surface area contributed by atoms with Gasteiger partial charge in [0.05, 0.1) is 12.3 Å². The number of ether oxygens (including phenoxy) is 1. The molecule has 0 bridgehead atoms. The van der Waals surface area contributed by atoms with E-state index in [4.69, 9.17) is 10.5 Å². The second-order valence-electron chi connectivity index (χ2n) is 5.51. The van der Waals surface area contributed by atoms with Crippen LogP contribution in [0.15, 0.2) is 24.3 Å². The molecule has 1 aliphatic carbocycles. The van der Waals surface area contributed by atoms with E-state index in [2.05, 4.69) is 10.2 Å². The molecule has 1 aromatic carbocycles. The summed E-state index contributed by atoms with van der Waals surface area (Å²) in [6.07, 6.45) is 3.23. The van der Waals surface area contributed by atoms with Gasteiger partial charge in [-0.3, -0.25) is 4.79 Å². The number of carbonyl (C=O) groups is 1. The van der Waals surface area contributed by atoms with Gasteiger partial charge in [0, 0.05) is 19.1 Å². The van der Waals surface area contributed by atoms with Gasteiger partial charge >= 0.3 is 0 Å². The summed E-state index contributed by atoms with van der Waals surface area (Å²) in [5.41, 5.74) is 6.58. The SMILES string of the molecule is NC(=O)C(CN1CCCOc2ccccc21)NC1CC1. The Morgan fingerprint density at radius 1 is 1.45 bits per heavy atom. The van der Waals surface area contributed by atoms with E-state index in [1.807, 2.05) is 24.3 Å². The summed E-state index contributed by atoms with van der Waals surface area (Å²) in [7, 11) is 0. The van der Waals surface area contributed by atoms with Crippen LogP contribution in [-0.2, 0) is 4.79 Å². The summed E-state index contributed by atoms with van der Waals surface area (Å²) in [5.74, 6) is 0.610. The predicted molar refractivity (Wildman–Crippen MR) is 77.9 cm³/mol. The van der Waals surface area contributed by atoms with E-state index in [0.29, 0.717) is 19.2 Å². The molecule has 1 aliphatic heterocycles. The third-order valence-electron chi connectivity index (χ3n) is 3.80. The third-order valence-corrected chi connectivity index (χ3v) is 3.80. The molecule has 20 heavy (non-hydrogen) atoms. The first kappa shape index (κ1) is 13.2. The normalized spacial score (nSPS) is 19.7. The molecule has 1 amide bonds. The number of para-hydroxylation sites is 2. The number of hydrogen-bond donors (Lipinski definition) is 2. The minimum absolute atomic E-state index is 0.278. The molecule has 1 heterocycles. The second-order valence-corrected chi connectivity index (χ2v) is 5.51. The van der Waals surface area contributed by atoms with Gasteiger partial charge in [-0.2, -0.15) is 0 Å². The molecular weight excluding hydrogens is 254 g/mol. The van der Waals surface area contributed by atoms with Crippen LogP contribution in [0.25, 0.3) is 0 Å². The second kappa shape index (κ2) is 5.71. The molecule has 108 valence electrons. The lowest BCUT2D eigenvalue weighted by Crippen LogP contribution is -2.50. The van der Waals surface area contributed by atoms with Gasteiger partial charge in [0.25, 0.3) is 0 Å². The standard InChI is InChI=1S/C15H21N3O2/c16-15(19)12(17-11-6-7-11)10-18-8-3-9-20-14-5-2-1-4-13(14)18/h1-2,4-5,11-12,17H,3,6-10H2,(H2,16,19). The Bertz CT molecular complexity index is 488. The monoisotopic (exact) mass is 275 g/mol. The van der Waals surface area contributed by atoms with Crippen LogP contribution >= 0.6 is 0 Å². The Morgan fingerprint density at radius 2 is 2.25 bits per heavy atom. The number of nitrogens with two attached hydrogens (primary N) is 1. The minimum atomic E-state index is -0.298. The summed E-state index contributed by atoms with van der Waals surface area (Å²) in [4.78, 5) is 13.8. The lowest BCUT2D eigenvalue weighted by molar-refractivity contribution is -0.119. The van der Waals surface area contributed by atoms with Crippen molar-refractivity contribution in [1.82, 2.24) is 5.32 Å². The number of nitrogens with one attached hydrogen (secondary N) is 1. The van der Waals surface area contributed by atoms with Gasteiger partial charge in [-0.15, -0.1) is 0 Å². The van der Waals surface area contributed by atoms with Gasteiger partial charge in [0.15, 0.2) is 0 Å². The van der Waals surface area contributed by atoms with Crippen LogP contribution in [0.3, 0.4) is 0 Å². The van der Waals surface area contributed by atoms with E-state index in [1.54, 1.807) is 0 Å². The largest absolute Gasteiger partial charge is 0.491 e. The van der Waals surface area contributed by atoms with Gasteiger partial charge < -0.3 is 20.7 Å². The van der Waals surface area contributed by atoms with Crippen molar-refractivity contribution in [1.29, 1.82) is 0 Å². The van der Waals surface area contributed by atoms with Crippen LogP contribution in [-0.4, -0.2) is 37.7 Å². The number of amides is 1. The molecule has 1 fully saturated rings. The molecule has 1 saturated carbocycles. The zero-order valence-corrected chi connectivity index (χ0v) is 11.5. The van der Waals surface area contributed by atoms with Crippen LogP contribution in [0, 0.1) is 0 Å². The average molecular weight is 275 g/mol. The zero-order chi connectivity index (χ0) is 13.9. The van der Waals surface area contributed by atoms with Crippen LogP contribution in [0.4, 0.5) is 5.69 Å². The number of fused-ring (bicyclic) bond motifs is 1. The Hall–Kier alpha value is -1.75. The smallest absolute Gasteiger partial charge is 0.236 e. The summed E-state index contributed by atoms with van der Waals surface area (Å²) < 4.78 is 5.74. The Labute approximate surface area is 119 Å². The molecule has 0 saturated heterocycles. The maximum Gasteiger partial charge on any atom is 0.236 e. The number of benzene rings is 1. The molecule has 3 rings (SSSR count). The number of carbonyl (C=O) groups excluding carboxylic acids is 1. The Morgan fingerprint density at radius 3 is 3.00 bits per heavy atom. The highest BCUT2D eigenvalue weighted by Crippen LogP contribution is 2.30. The molecule has 5 nitrogen and oxygen atoms in total. The summed E-state index contributed by atoms with van der Waals surface area (Å²) in [6, 6.07) is 8.14. The molecule has 2 aliphatic rings. The molecule has 5 heteroatoms. The van der Waals surface area contributed by atoms with Gasteiger partial charge in [0.1, 0.15) is 11.8 Å². The van der Waals surface area contributed by atoms with Crippen molar-refractivity contribution in [2.24, 2.45) is 5.73 Å². The van der Waals surface area contributed by atoms with Crippen molar-refractivity contribution in [2.75, 3.05) is 24.6 Å². The minimum Gasteiger partial charge on any atom is -0.491 e. The Balaban J connectivity index is 1.76. The van der Waals surface area contributed by atoms with Crippen molar-refractivity contribution < 1.29 is 9.53 Å². The molecule has 3 N–H and O–H groups in total. The van der Waals surface area contributed by atoms with Crippen molar-refractivity contribution in [3.8, 4) is 5.75 Å². The molecule has 1 atom stereocenters. The lowest BCUT2D eigenvalue weighted by Gasteiger charge is -2.28. The van der Waals surface area contributed by atoms with E-state index in [-0.39, 0.29) is 11.9 Å². The fraction of sp³-hybridized carbons (Fsp3) is 0.533.